The summed E-state index contributed by atoms with van der Waals surface area (Å²) in [5.74, 6) is -0.0558. The normalized spacial score (nSPS) is 14.1. The first-order chi connectivity index (χ1) is 11.7. The van der Waals surface area contributed by atoms with Crippen LogP contribution < -0.4 is 11.1 Å². The summed E-state index contributed by atoms with van der Waals surface area (Å²) < 4.78 is 0. The minimum absolute atomic E-state index is 0. The molecule has 0 spiro atoms. The van der Waals surface area contributed by atoms with Gasteiger partial charge in [0.15, 0.2) is 0 Å². The van der Waals surface area contributed by atoms with Crippen molar-refractivity contribution >= 4 is 18.3 Å². The molecule has 1 amide bonds. The van der Waals surface area contributed by atoms with Crippen molar-refractivity contribution in [2.24, 2.45) is 5.73 Å². The standard InChI is InChI=1S/C20H25N3O.ClH/c21-13-16-7-9-19(10-8-16)20(24)22-14-17-3-5-18(6-4-17)15-23-11-1-2-12-23;/h3-10H,1-2,11-15,21H2,(H,22,24);1H. The summed E-state index contributed by atoms with van der Waals surface area (Å²) in [6, 6.07) is 15.9. The largest absolute Gasteiger partial charge is 0.348 e. The van der Waals surface area contributed by atoms with Crippen LogP contribution in [0.15, 0.2) is 48.5 Å². The molecule has 4 nitrogen and oxygen atoms in total. The van der Waals surface area contributed by atoms with Crippen molar-refractivity contribution in [3.8, 4) is 0 Å². The summed E-state index contributed by atoms with van der Waals surface area (Å²) >= 11 is 0. The van der Waals surface area contributed by atoms with Gasteiger partial charge in [0.1, 0.15) is 0 Å². The fourth-order valence-corrected chi connectivity index (χ4v) is 3.04. The van der Waals surface area contributed by atoms with Crippen molar-refractivity contribution in [2.45, 2.75) is 32.5 Å². The van der Waals surface area contributed by atoms with Crippen LogP contribution in [0.4, 0.5) is 0 Å². The maximum absolute atomic E-state index is 12.2. The summed E-state index contributed by atoms with van der Waals surface area (Å²) in [5.41, 5.74) is 9.72. The molecule has 25 heavy (non-hydrogen) atoms. The van der Waals surface area contributed by atoms with Crippen LogP contribution in [-0.2, 0) is 19.6 Å². The molecule has 0 aromatic heterocycles. The number of nitrogens with one attached hydrogen (secondary N) is 1. The molecule has 0 radical (unpaired) electrons. The highest BCUT2D eigenvalue weighted by Crippen LogP contribution is 2.13. The zero-order valence-electron chi connectivity index (χ0n) is 14.4. The Morgan fingerprint density at radius 3 is 2.08 bits per heavy atom. The number of likely N-dealkylation sites (tertiary alicyclic amines) is 1. The Hall–Kier alpha value is -1.88. The van der Waals surface area contributed by atoms with E-state index in [2.05, 4.69) is 34.5 Å². The van der Waals surface area contributed by atoms with Gasteiger partial charge in [-0.25, -0.2) is 0 Å². The molecule has 3 rings (SSSR count). The molecule has 0 aliphatic carbocycles. The smallest absolute Gasteiger partial charge is 0.251 e. The minimum Gasteiger partial charge on any atom is -0.348 e. The maximum Gasteiger partial charge on any atom is 0.251 e. The lowest BCUT2D eigenvalue weighted by Gasteiger charge is -2.14. The van der Waals surface area contributed by atoms with Gasteiger partial charge < -0.3 is 11.1 Å². The van der Waals surface area contributed by atoms with Crippen LogP contribution in [0.3, 0.4) is 0 Å². The molecule has 1 saturated heterocycles. The molecule has 1 fully saturated rings. The Bertz CT molecular complexity index is 664. The van der Waals surface area contributed by atoms with Crippen molar-refractivity contribution in [1.29, 1.82) is 0 Å². The average Bonchev–Trinajstić information content (AvgIpc) is 3.14. The van der Waals surface area contributed by atoms with E-state index in [1.807, 2.05) is 24.3 Å². The van der Waals surface area contributed by atoms with Crippen LogP contribution >= 0.6 is 12.4 Å². The van der Waals surface area contributed by atoms with Gasteiger partial charge in [-0.05, 0) is 54.8 Å². The Labute approximate surface area is 155 Å². The molecule has 3 N–H and O–H groups in total. The van der Waals surface area contributed by atoms with E-state index in [4.69, 9.17) is 5.73 Å². The number of rotatable bonds is 6. The van der Waals surface area contributed by atoms with E-state index < -0.39 is 0 Å². The summed E-state index contributed by atoms with van der Waals surface area (Å²) in [4.78, 5) is 14.7. The summed E-state index contributed by atoms with van der Waals surface area (Å²) in [6.07, 6.45) is 2.63. The molecule has 2 aromatic carbocycles. The Balaban J connectivity index is 0.00000225. The number of nitrogens with two attached hydrogens (primary N) is 1. The fourth-order valence-electron chi connectivity index (χ4n) is 3.04. The van der Waals surface area contributed by atoms with E-state index in [9.17, 15) is 4.79 Å². The zero-order chi connectivity index (χ0) is 16.8. The van der Waals surface area contributed by atoms with Gasteiger partial charge in [0.25, 0.3) is 5.91 Å². The van der Waals surface area contributed by atoms with E-state index in [0.717, 1.165) is 17.7 Å². The van der Waals surface area contributed by atoms with Gasteiger partial charge in [-0.1, -0.05) is 36.4 Å². The third-order valence-corrected chi connectivity index (χ3v) is 4.53. The van der Waals surface area contributed by atoms with E-state index >= 15 is 0 Å². The SMILES string of the molecule is Cl.NCc1ccc(C(=O)NCc2ccc(CN3CCCC3)cc2)cc1. The van der Waals surface area contributed by atoms with Crippen LogP contribution in [0, 0.1) is 0 Å². The van der Waals surface area contributed by atoms with Gasteiger partial charge in [-0.2, -0.15) is 0 Å². The van der Waals surface area contributed by atoms with Crippen LogP contribution in [0.1, 0.15) is 39.9 Å². The number of nitrogens with zero attached hydrogens (tertiary/aromatic N) is 1. The average molecular weight is 360 g/mol. The van der Waals surface area contributed by atoms with Gasteiger partial charge in [-0.3, -0.25) is 9.69 Å². The summed E-state index contributed by atoms with van der Waals surface area (Å²) in [7, 11) is 0. The first kappa shape index (κ1) is 19.4. The van der Waals surface area contributed by atoms with Crippen LogP contribution in [-0.4, -0.2) is 23.9 Å². The van der Waals surface area contributed by atoms with Crippen LogP contribution in [0.2, 0.25) is 0 Å². The lowest BCUT2D eigenvalue weighted by molar-refractivity contribution is 0.0951. The van der Waals surface area contributed by atoms with Crippen LogP contribution in [0.25, 0.3) is 0 Å². The molecular formula is C20H26ClN3O. The van der Waals surface area contributed by atoms with E-state index in [0.29, 0.717) is 18.7 Å². The summed E-state index contributed by atoms with van der Waals surface area (Å²) in [5, 5.41) is 2.96. The number of amides is 1. The van der Waals surface area contributed by atoms with E-state index in [1.54, 1.807) is 0 Å². The number of halogens is 1. The predicted octanol–water partition coefficient (Wildman–Crippen LogP) is 3.09. The van der Waals surface area contributed by atoms with E-state index in [1.165, 1.54) is 31.5 Å². The lowest BCUT2D eigenvalue weighted by Crippen LogP contribution is -2.23. The maximum atomic E-state index is 12.2. The van der Waals surface area contributed by atoms with Gasteiger partial charge >= 0.3 is 0 Å². The summed E-state index contributed by atoms with van der Waals surface area (Å²) in [6.45, 7) is 4.48. The molecule has 1 aliphatic heterocycles. The van der Waals surface area contributed by atoms with Crippen molar-refractivity contribution < 1.29 is 4.79 Å². The topological polar surface area (TPSA) is 58.4 Å². The van der Waals surface area contributed by atoms with Crippen molar-refractivity contribution in [3.05, 3.63) is 70.8 Å². The Kier molecular flexibility index (Phi) is 7.44. The molecule has 0 bridgehead atoms. The van der Waals surface area contributed by atoms with Gasteiger partial charge in [-0.15, -0.1) is 12.4 Å². The lowest BCUT2D eigenvalue weighted by atomic mass is 10.1. The molecule has 0 atom stereocenters. The molecule has 1 heterocycles. The molecule has 2 aromatic rings. The van der Waals surface area contributed by atoms with Gasteiger partial charge in [0, 0.05) is 25.2 Å². The second-order valence-corrected chi connectivity index (χ2v) is 6.38. The van der Waals surface area contributed by atoms with Gasteiger partial charge in [0.05, 0.1) is 0 Å². The number of benzene rings is 2. The first-order valence-corrected chi connectivity index (χ1v) is 8.62. The Morgan fingerprint density at radius 2 is 1.48 bits per heavy atom. The quantitative estimate of drug-likeness (QED) is 0.833. The minimum atomic E-state index is -0.0558. The third kappa shape index (κ3) is 5.56. The molecule has 1 aliphatic rings. The highest BCUT2D eigenvalue weighted by atomic mass is 35.5. The van der Waals surface area contributed by atoms with Crippen molar-refractivity contribution in [3.63, 3.8) is 0 Å². The third-order valence-electron chi connectivity index (χ3n) is 4.53. The monoisotopic (exact) mass is 359 g/mol. The number of carbonyl (C=O) groups excluding carboxylic acids is 1. The number of hydrogen-bond donors (Lipinski definition) is 2. The van der Waals surface area contributed by atoms with Crippen LogP contribution in [0.5, 0.6) is 0 Å². The Morgan fingerprint density at radius 1 is 0.920 bits per heavy atom. The number of hydrogen-bond acceptors (Lipinski definition) is 3. The second kappa shape index (κ2) is 9.56. The number of carbonyl (C=O) groups is 1. The predicted molar refractivity (Wildman–Crippen MR) is 104 cm³/mol. The molecule has 0 saturated carbocycles. The molecule has 5 heteroatoms. The highest BCUT2D eigenvalue weighted by Gasteiger charge is 2.11. The highest BCUT2D eigenvalue weighted by molar-refractivity contribution is 5.94. The van der Waals surface area contributed by atoms with Crippen molar-refractivity contribution in [2.75, 3.05) is 13.1 Å². The molecule has 134 valence electrons. The first-order valence-electron chi connectivity index (χ1n) is 8.62. The zero-order valence-corrected chi connectivity index (χ0v) is 15.2. The molecular weight excluding hydrogens is 334 g/mol. The fraction of sp³-hybridized carbons (Fsp3) is 0.350. The van der Waals surface area contributed by atoms with Crippen molar-refractivity contribution in [1.82, 2.24) is 10.2 Å². The second-order valence-electron chi connectivity index (χ2n) is 6.38. The van der Waals surface area contributed by atoms with Gasteiger partial charge in [0.2, 0.25) is 0 Å². The molecule has 0 unspecified atom stereocenters. The van der Waals surface area contributed by atoms with E-state index in [-0.39, 0.29) is 18.3 Å².